The largest absolute Gasteiger partial charge is 0.466 e. The Labute approximate surface area is 418 Å². The van der Waals surface area contributed by atoms with E-state index in [-0.39, 0.29) is 18.5 Å². The lowest BCUT2D eigenvalue weighted by molar-refractivity contribution is -0.143. The van der Waals surface area contributed by atoms with Crippen LogP contribution in [-0.4, -0.2) is 47.4 Å². The zero-order chi connectivity index (χ0) is 48.6. The summed E-state index contributed by atoms with van der Waals surface area (Å²) < 4.78 is 5.48. The van der Waals surface area contributed by atoms with E-state index in [1.807, 2.05) is 0 Å². The first-order valence-corrected chi connectivity index (χ1v) is 30.1. The van der Waals surface area contributed by atoms with E-state index in [1.165, 1.54) is 244 Å². The van der Waals surface area contributed by atoms with Crippen LogP contribution in [0.3, 0.4) is 0 Å². The maximum atomic E-state index is 12.5. The summed E-state index contributed by atoms with van der Waals surface area (Å²) in [4.78, 5) is 24.5. The molecule has 0 aliphatic carbocycles. The molecule has 2 atom stereocenters. The van der Waals surface area contributed by atoms with Crippen LogP contribution in [0, 0.1) is 0 Å². The Hall–Kier alpha value is -1.66. The second kappa shape index (κ2) is 56.9. The van der Waals surface area contributed by atoms with Crippen molar-refractivity contribution in [1.82, 2.24) is 5.32 Å². The first kappa shape index (κ1) is 65.3. The number of carbonyl (C=O) groups is 2. The zero-order valence-corrected chi connectivity index (χ0v) is 45.1. The van der Waals surface area contributed by atoms with Gasteiger partial charge in [-0.3, -0.25) is 9.59 Å². The van der Waals surface area contributed by atoms with Gasteiger partial charge in [-0.05, 0) is 57.8 Å². The third kappa shape index (κ3) is 53.5. The predicted molar refractivity (Wildman–Crippen MR) is 292 cm³/mol. The topological polar surface area (TPSA) is 95.9 Å². The van der Waals surface area contributed by atoms with E-state index < -0.39 is 12.1 Å². The van der Waals surface area contributed by atoms with Crippen LogP contribution in [0.5, 0.6) is 0 Å². The fourth-order valence-corrected chi connectivity index (χ4v) is 9.38. The van der Waals surface area contributed by atoms with E-state index in [2.05, 4.69) is 43.5 Å². The smallest absolute Gasteiger partial charge is 0.305 e. The summed E-state index contributed by atoms with van der Waals surface area (Å²) in [5.74, 6) is -0.0364. The van der Waals surface area contributed by atoms with Crippen molar-refractivity contribution in [2.75, 3.05) is 13.2 Å². The summed E-state index contributed by atoms with van der Waals surface area (Å²) in [5, 5.41) is 23.2. The highest BCUT2D eigenvalue weighted by Gasteiger charge is 2.20. The number of unbranched alkanes of at least 4 members (excludes halogenated alkanes) is 41. The Kier molecular flexibility index (Phi) is 55.5. The average molecular weight is 945 g/mol. The van der Waals surface area contributed by atoms with Crippen molar-refractivity contribution < 1.29 is 24.5 Å². The van der Waals surface area contributed by atoms with Crippen LogP contribution in [0.1, 0.15) is 328 Å². The molecule has 0 spiro atoms. The SMILES string of the molecule is CCCCCC/C=C\C/C=C\CCCCCCCC(=O)OCCCCCCCCCCCCCCCCCCCCCCCC(=O)NC(CO)C(O)CCCCCCCCCCCCCCC. The van der Waals surface area contributed by atoms with E-state index in [0.29, 0.717) is 25.9 Å². The minimum Gasteiger partial charge on any atom is -0.466 e. The molecule has 0 saturated carbocycles. The van der Waals surface area contributed by atoms with Crippen molar-refractivity contribution in [1.29, 1.82) is 0 Å². The molecule has 6 nitrogen and oxygen atoms in total. The Morgan fingerprint density at radius 3 is 1.15 bits per heavy atom. The lowest BCUT2D eigenvalue weighted by Gasteiger charge is -2.22. The quantitative estimate of drug-likeness (QED) is 0.0321. The van der Waals surface area contributed by atoms with Gasteiger partial charge in [0.1, 0.15) is 0 Å². The van der Waals surface area contributed by atoms with E-state index in [4.69, 9.17) is 4.74 Å². The number of ether oxygens (including phenoxy) is 1. The van der Waals surface area contributed by atoms with Gasteiger partial charge in [0.25, 0.3) is 0 Å². The van der Waals surface area contributed by atoms with Crippen LogP contribution in [-0.2, 0) is 14.3 Å². The molecule has 67 heavy (non-hydrogen) atoms. The molecule has 0 saturated heterocycles. The number of amides is 1. The van der Waals surface area contributed by atoms with Crippen LogP contribution in [0.2, 0.25) is 0 Å². The van der Waals surface area contributed by atoms with Gasteiger partial charge >= 0.3 is 5.97 Å². The molecule has 0 bridgehead atoms. The molecule has 0 heterocycles. The Bertz CT molecular complexity index is 1040. The van der Waals surface area contributed by atoms with Gasteiger partial charge in [-0.25, -0.2) is 0 Å². The number of nitrogens with one attached hydrogen (secondary N) is 1. The number of aliphatic hydroxyl groups excluding tert-OH is 2. The van der Waals surface area contributed by atoms with E-state index in [1.54, 1.807) is 0 Å². The van der Waals surface area contributed by atoms with Crippen LogP contribution in [0.15, 0.2) is 24.3 Å². The highest BCUT2D eigenvalue weighted by Crippen LogP contribution is 2.18. The van der Waals surface area contributed by atoms with E-state index in [0.717, 1.165) is 51.4 Å². The molecule has 396 valence electrons. The van der Waals surface area contributed by atoms with Crippen molar-refractivity contribution in [3.8, 4) is 0 Å². The Balaban J connectivity index is 3.38. The number of aliphatic hydroxyl groups is 2. The van der Waals surface area contributed by atoms with Crippen molar-refractivity contribution in [2.24, 2.45) is 0 Å². The monoisotopic (exact) mass is 944 g/mol. The third-order valence-electron chi connectivity index (χ3n) is 14.0. The molecule has 2 unspecified atom stereocenters. The first-order chi connectivity index (χ1) is 33.0. The molecule has 1 amide bonds. The molecule has 0 aromatic rings. The van der Waals surface area contributed by atoms with Gasteiger partial charge in [-0.1, -0.05) is 282 Å². The van der Waals surface area contributed by atoms with Gasteiger partial charge < -0.3 is 20.3 Å². The number of hydrogen-bond donors (Lipinski definition) is 3. The molecule has 6 heteroatoms. The standard InChI is InChI=1S/C61H117NO5/c1-3-5-7-9-11-13-15-17-18-27-31-35-39-43-47-51-55-61(66)67-56-52-48-44-40-36-32-28-25-23-21-19-20-22-24-26-30-34-38-42-46-50-54-60(65)62-58(57-63)59(64)53-49-45-41-37-33-29-16-14-12-10-8-6-4-2/h13,15,18,27,58-59,63-64H,3-12,14,16-17,19-26,28-57H2,1-2H3,(H,62,65)/b15-13-,27-18-. The van der Waals surface area contributed by atoms with Crippen LogP contribution >= 0.6 is 0 Å². The van der Waals surface area contributed by atoms with Crippen molar-refractivity contribution >= 4 is 11.9 Å². The predicted octanol–water partition coefficient (Wildman–Crippen LogP) is 18.6. The molecule has 3 N–H and O–H groups in total. The summed E-state index contributed by atoms with van der Waals surface area (Å²) in [5.41, 5.74) is 0. The van der Waals surface area contributed by atoms with Gasteiger partial charge in [-0.2, -0.15) is 0 Å². The van der Waals surface area contributed by atoms with Gasteiger partial charge in [0, 0.05) is 12.8 Å². The highest BCUT2D eigenvalue weighted by molar-refractivity contribution is 5.76. The first-order valence-electron chi connectivity index (χ1n) is 30.1. The lowest BCUT2D eigenvalue weighted by atomic mass is 10.0. The lowest BCUT2D eigenvalue weighted by Crippen LogP contribution is -2.45. The number of carbonyl (C=O) groups excluding carboxylic acids is 2. The van der Waals surface area contributed by atoms with Gasteiger partial charge in [0.05, 0.1) is 25.4 Å². The summed E-state index contributed by atoms with van der Waals surface area (Å²) >= 11 is 0. The molecular weight excluding hydrogens is 827 g/mol. The molecule has 0 fully saturated rings. The molecule has 0 rings (SSSR count). The molecule has 0 aliphatic heterocycles. The van der Waals surface area contributed by atoms with Crippen LogP contribution in [0.4, 0.5) is 0 Å². The normalized spacial score (nSPS) is 12.7. The summed E-state index contributed by atoms with van der Waals surface area (Å²) in [6, 6.07) is -0.541. The minimum absolute atomic E-state index is 0.00118. The third-order valence-corrected chi connectivity index (χ3v) is 14.0. The maximum absolute atomic E-state index is 12.5. The number of hydrogen-bond acceptors (Lipinski definition) is 5. The Morgan fingerprint density at radius 1 is 0.418 bits per heavy atom. The zero-order valence-electron chi connectivity index (χ0n) is 45.1. The summed E-state index contributed by atoms with van der Waals surface area (Å²) in [7, 11) is 0. The minimum atomic E-state index is -0.664. The van der Waals surface area contributed by atoms with Gasteiger partial charge in [-0.15, -0.1) is 0 Å². The second-order valence-corrected chi connectivity index (χ2v) is 20.7. The van der Waals surface area contributed by atoms with E-state index in [9.17, 15) is 19.8 Å². The summed E-state index contributed by atoms with van der Waals surface area (Å²) in [6.45, 7) is 4.94. The molecule has 0 aromatic carbocycles. The maximum Gasteiger partial charge on any atom is 0.305 e. The number of allylic oxidation sites excluding steroid dienone is 4. The average Bonchev–Trinajstić information content (AvgIpc) is 3.33. The van der Waals surface area contributed by atoms with Crippen LogP contribution in [0.25, 0.3) is 0 Å². The van der Waals surface area contributed by atoms with Crippen LogP contribution < -0.4 is 5.32 Å². The molecule has 0 aromatic heterocycles. The van der Waals surface area contributed by atoms with Gasteiger partial charge in [0.15, 0.2) is 0 Å². The van der Waals surface area contributed by atoms with Crippen molar-refractivity contribution in [3.63, 3.8) is 0 Å². The van der Waals surface area contributed by atoms with Gasteiger partial charge in [0.2, 0.25) is 5.91 Å². The molecule has 0 aliphatic rings. The summed E-state index contributed by atoms with van der Waals surface area (Å²) in [6.07, 6.45) is 68.9. The fourth-order valence-electron chi connectivity index (χ4n) is 9.38. The number of rotatable bonds is 56. The number of esters is 1. The van der Waals surface area contributed by atoms with Crippen molar-refractivity contribution in [2.45, 2.75) is 341 Å². The van der Waals surface area contributed by atoms with E-state index >= 15 is 0 Å². The highest BCUT2D eigenvalue weighted by atomic mass is 16.5. The second-order valence-electron chi connectivity index (χ2n) is 20.7. The molecule has 0 radical (unpaired) electrons. The fraction of sp³-hybridized carbons (Fsp3) is 0.902. The van der Waals surface area contributed by atoms with Crippen molar-refractivity contribution in [3.05, 3.63) is 24.3 Å². The molecular formula is C61H117NO5. The Morgan fingerprint density at radius 2 is 0.746 bits per heavy atom.